The van der Waals surface area contributed by atoms with Crippen molar-refractivity contribution in [3.8, 4) is 5.75 Å². The standard InChI is InChI=1S/C17H21F3N2O4/c1-2-26-14-8-5-11(17(18,19)20)9-13(14)22-16(25)21-12-6-3-10(4-7-12)15(23)24/h5,8-10,12H,2-4,6-7H2,1H3,(H,23,24)(H2,21,22,25). The lowest BCUT2D eigenvalue weighted by molar-refractivity contribution is -0.143. The van der Waals surface area contributed by atoms with Crippen LogP contribution in [-0.4, -0.2) is 29.8 Å². The van der Waals surface area contributed by atoms with Gasteiger partial charge in [-0.05, 0) is 50.8 Å². The smallest absolute Gasteiger partial charge is 0.416 e. The fraction of sp³-hybridized carbons (Fsp3) is 0.529. The van der Waals surface area contributed by atoms with Gasteiger partial charge in [0, 0.05) is 6.04 Å². The summed E-state index contributed by atoms with van der Waals surface area (Å²) in [7, 11) is 0. The molecule has 9 heteroatoms. The highest BCUT2D eigenvalue weighted by Crippen LogP contribution is 2.35. The Kier molecular flexibility index (Phi) is 6.33. The van der Waals surface area contributed by atoms with Gasteiger partial charge in [0.05, 0.1) is 23.8 Å². The number of halogens is 3. The van der Waals surface area contributed by atoms with Gasteiger partial charge in [-0.15, -0.1) is 0 Å². The number of carbonyl (C=O) groups is 2. The van der Waals surface area contributed by atoms with Gasteiger partial charge in [0.15, 0.2) is 0 Å². The molecule has 0 radical (unpaired) electrons. The monoisotopic (exact) mass is 374 g/mol. The lowest BCUT2D eigenvalue weighted by Gasteiger charge is -2.27. The number of ether oxygens (including phenoxy) is 1. The molecule has 1 aromatic carbocycles. The Hall–Kier alpha value is -2.45. The van der Waals surface area contributed by atoms with E-state index >= 15 is 0 Å². The molecule has 1 aliphatic rings. The number of carboxylic acid groups (broad SMARTS) is 1. The van der Waals surface area contributed by atoms with Crippen molar-refractivity contribution < 1.29 is 32.6 Å². The van der Waals surface area contributed by atoms with Crippen LogP contribution in [-0.2, 0) is 11.0 Å². The lowest BCUT2D eigenvalue weighted by Crippen LogP contribution is -2.41. The van der Waals surface area contributed by atoms with Crippen LogP contribution in [0.4, 0.5) is 23.7 Å². The maximum absolute atomic E-state index is 12.9. The number of amides is 2. The van der Waals surface area contributed by atoms with Crippen molar-refractivity contribution in [1.29, 1.82) is 0 Å². The molecule has 0 unspecified atom stereocenters. The summed E-state index contributed by atoms with van der Waals surface area (Å²) in [6, 6.07) is 2.02. The second-order valence-electron chi connectivity index (χ2n) is 6.13. The third kappa shape index (κ3) is 5.27. The zero-order valence-electron chi connectivity index (χ0n) is 14.2. The van der Waals surface area contributed by atoms with Crippen molar-refractivity contribution in [2.75, 3.05) is 11.9 Å². The molecule has 1 aliphatic carbocycles. The van der Waals surface area contributed by atoms with E-state index in [0.29, 0.717) is 25.7 Å². The van der Waals surface area contributed by atoms with E-state index in [9.17, 15) is 22.8 Å². The minimum Gasteiger partial charge on any atom is -0.492 e. The fourth-order valence-electron chi connectivity index (χ4n) is 2.91. The quantitative estimate of drug-likeness (QED) is 0.730. The van der Waals surface area contributed by atoms with Crippen LogP contribution in [0.25, 0.3) is 0 Å². The Bertz CT molecular complexity index is 656. The zero-order valence-corrected chi connectivity index (χ0v) is 14.2. The van der Waals surface area contributed by atoms with Gasteiger partial charge in [0.1, 0.15) is 5.75 Å². The minimum absolute atomic E-state index is 0.0709. The van der Waals surface area contributed by atoms with Crippen LogP contribution in [0.1, 0.15) is 38.2 Å². The summed E-state index contributed by atoms with van der Waals surface area (Å²) < 4.78 is 43.9. The highest BCUT2D eigenvalue weighted by atomic mass is 19.4. The van der Waals surface area contributed by atoms with Crippen LogP contribution < -0.4 is 15.4 Å². The van der Waals surface area contributed by atoms with Crippen LogP contribution in [0.5, 0.6) is 5.75 Å². The van der Waals surface area contributed by atoms with Crippen LogP contribution in [0.2, 0.25) is 0 Å². The Morgan fingerprint density at radius 1 is 1.23 bits per heavy atom. The maximum Gasteiger partial charge on any atom is 0.416 e. The summed E-state index contributed by atoms with van der Waals surface area (Å²) in [6.07, 6.45) is -2.62. The highest BCUT2D eigenvalue weighted by molar-refractivity contribution is 5.91. The molecule has 0 spiro atoms. The number of aliphatic carboxylic acids is 1. The first-order chi connectivity index (χ1) is 12.2. The first-order valence-corrected chi connectivity index (χ1v) is 8.35. The van der Waals surface area contributed by atoms with E-state index in [1.807, 2.05) is 0 Å². The van der Waals surface area contributed by atoms with E-state index < -0.39 is 29.7 Å². The molecule has 1 fully saturated rings. The molecule has 1 aromatic rings. The molecule has 2 amide bonds. The number of nitrogens with one attached hydrogen (secondary N) is 2. The van der Waals surface area contributed by atoms with Crippen LogP contribution in [0, 0.1) is 5.92 Å². The molecule has 0 atom stereocenters. The van der Waals surface area contributed by atoms with Crippen molar-refractivity contribution in [2.24, 2.45) is 5.92 Å². The zero-order chi connectivity index (χ0) is 19.3. The van der Waals surface area contributed by atoms with Gasteiger partial charge in [0.25, 0.3) is 0 Å². The molecule has 2 rings (SSSR count). The van der Waals surface area contributed by atoms with Gasteiger partial charge in [-0.3, -0.25) is 4.79 Å². The van der Waals surface area contributed by atoms with Gasteiger partial charge in [-0.25, -0.2) is 4.79 Å². The number of carboxylic acids is 1. The number of urea groups is 1. The molecular weight excluding hydrogens is 353 g/mol. The third-order valence-electron chi connectivity index (χ3n) is 4.27. The molecule has 0 heterocycles. The van der Waals surface area contributed by atoms with E-state index in [2.05, 4.69) is 10.6 Å². The van der Waals surface area contributed by atoms with E-state index in [-0.39, 0.29) is 24.1 Å². The first kappa shape index (κ1) is 19.9. The highest BCUT2D eigenvalue weighted by Gasteiger charge is 2.32. The Labute approximate surface area is 148 Å². The van der Waals surface area contributed by atoms with E-state index in [1.54, 1.807) is 6.92 Å². The molecule has 1 saturated carbocycles. The van der Waals surface area contributed by atoms with E-state index in [4.69, 9.17) is 9.84 Å². The molecule has 3 N–H and O–H groups in total. The van der Waals surface area contributed by atoms with Gasteiger partial charge in [-0.1, -0.05) is 0 Å². The van der Waals surface area contributed by atoms with Gasteiger partial charge in [0.2, 0.25) is 0 Å². The molecule has 6 nitrogen and oxygen atoms in total. The lowest BCUT2D eigenvalue weighted by atomic mass is 9.86. The largest absolute Gasteiger partial charge is 0.492 e. The van der Waals surface area contributed by atoms with E-state index in [0.717, 1.165) is 12.1 Å². The predicted molar refractivity (Wildman–Crippen MR) is 88.1 cm³/mol. The summed E-state index contributed by atoms with van der Waals surface area (Å²) in [5.41, 5.74) is -0.961. The van der Waals surface area contributed by atoms with Crippen molar-refractivity contribution >= 4 is 17.7 Å². The molecule has 0 aliphatic heterocycles. The maximum atomic E-state index is 12.9. The molecule has 26 heavy (non-hydrogen) atoms. The first-order valence-electron chi connectivity index (χ1n) is 8.35. The number of carbonyl (C=O) groups excluding carboxylic acids is 1. The summed E-state index contributed by atoms with van der Waals surface area (Å²) in [5.74, 6) is -1.12. The second-order valence-corrected chi connectivity index (χ2v) is 6.13. The van der Waals surface area contributed by atoms with Gasteiger partial charge >= 0.3 is 18.2 Å². The normalized spacial score (nSPS) is 20.3. The number of alkyl halides is 3. The molecule has 0 bridgehead atoms. The average Bonchev–Trinajstić information content (AvgIpc) is 2.56. The summed E-state index contributed by atoms with van der Waals surface area (Å²) in [4.78, 5) is 23.1. The van der Waals surface area contributed by atoms with Crippen LogP contribution >= 0.6 is 0 Å². The van der Waals surface area contributed by atoms with Crippen molar-refractivity contribution in [3.63, 3.8) is 0 Å². The Balaban J connectivity index is 2.02. The second kappa shape index (κ2) is 8.29. The Morgan fingerprint density at radius 3 is 2.42 bits per heavy atom. The predicted octanol–water partition coefficient (Wildman–Crippen LogP) is 3.87. The van der Waals surface area contributed by atoms with Gasteiger partial charge < -0.3 is 20.5 Å². The third-order valence-corrected chi connectivity index (χ3v) is 4.27. The summed E-state index contributed by atoms with van der Waals surface area (Å²) in [6.45, 7) is 1.92. The van der Waals surface area contributed by atoms with Crippen LogP contribution in [0.15, 0.2) is 18.2 Å². The number of anilines is 1. The fourth-order valence-corrected chi connectivity index (χ4v) is 2.91. The number of hydrogen-bond acceptors (Lipinski definition) is 3. The van der Waals surface area contributed by atoms with Crippen molar-refractivity contribution in [1.82, 2.24) is 5.32 Å². The summed E-state index contributed by atoms with van der Waals surface area (Å²) >= 11 is 0. The number of benzene rings is 1. The molecular formula is C17H21F3N2O4. The van der Waals surface area contributed by atoms with Crippen LogP contribution in [0.3, 0.4) is 0 Å². The number of hydrogen-bond donors (Lipinski definition) is 3. The average molecular weight is 374 g/mol. The molecule has 144 valence electrons. The minimum atomic E-state index is -4.53. The van der Waals surface area contributed by atoms with E-state index in [1.165, 1.54) is 6.07 Å². The number of rotatable bonds is 5. The van der Waals surface area contributed by atoms with Crippen molar-refractivity contribution in [3.05, 3.63) is 23.8 Å². The summed E-state index contributed by atoms with van der Waals surface area (Å²) in [5, 5.41) is 14.0. The Morgan fingerprint density at radius 2 is 1.88 bits per heavy atom. The topological polar surface area (TPSA) is 87.7 Å². The SMILES string of the molecule is CCOc1ccc(C(F)(F)F)cc1NC(=O)NC1CCC(C(=O)O)CC1. The molecule has 0 saturated heterocycles. The van der Waals surface area contributed by atoms with Crippen molar-refractivity contribution in [2.45, 2.75) is 44.8 Å². The molecule has 0 aromatic heterocycles. The van der Waals surface area contributed by atoms with Gasteiger partial charge in [-0.2, -0.15) is 13.2 Å².